The number of ether oxygens (including phenoxy) is 1. The fraction of sp³-hybridized carbons (Fsp3) is 0.524. The first-order valence-corrected chi connectivity index (χ1v) is 10.9. The van der Waals surface area contributed by atoms with Crippen LogP contribution in [0.25, 0.3) is 5.69 Å². The van der Waals surface area contributed by atoms with Gasteiger partial charge < -0.3 is 15.0 Å². The molecule has 0 amide bonds. The third kappa shape index (κ3) is 4.77. The molecule has 1 atom stereocenters. The lowest BCUT2D eigenvalue weighted by Crippen LogP contribution is -2.41. The molecule has 0 bridgehead atoms. The fourth-order valence-electron chi connectivity index (χ4n) is 4.00. The largest absolute Gasteiger partial charge is 0.381 e. The van der Waals surface area contributed by atoms with Gasteiger partial charge in [0, 0.05) is 37.3 Å². The van der Waals surface area contributed by atoms with Gasteiger partial charge in [-0.2, -0.15) is 9.78 Å². The molecule has 2 saturated heterocycles. The Hall–Kier alpha value is -1.60. The van der Waals surface area contributed by atoms with E-state index in [9.17, 15) is 4.79 Å². The molecule has 0 saturated carbocycles. The Labute approximate surface area is 180 Å². The molecule has 1 unspecified atom stereocenters. The molecule has 29 heavy (non-hydrogen) atoms. The number of aromatic nitrogens is 2. The normalized spacial score (nSPS) is 20.9. The van der Waals surface area contributed by atoms with Gasteiger partial charge in [-0.3, -0.25) is 4.79 Å². The minimum absolute atomic E-state index is 0.155. The zero-order chi connectivity index (χ0) is 20.4. The maximum Gasteiger partial charge on any atom is 0.292 e. The molecule has 1 aromatic heterocycles. The van der Waals surface area contributed by atoms with Crippen LogP contribution in [0.5, 0.6) is 0 Å². The minimum Gasteiger partial charge on any atom is -0.381 e. The van der Waals surface area contributed by atoms with Crippen LogP contribution in [0.15, 0.2) is 29.2 Å². The molecule has 156 valence electrons. The molecule has 0 spiro atoms. The van der Waals surface area contributed by atoms with E-state index < -0.39 is 0 Å². The predicted octanol–water partition coefficient (Wildman–Crippen LogP) is 3.76. The van der Waals surface area contributed by atoms with Crippen LogP contribution in [0.4, 0.5) is 5.69 Å². The molecule has 0 radical (unpaired) electrons. The van der Waals surface area contributed by atoms with Gasteiger partial charge in [-0.1, -0.05) is 29.3 Å². The maximum atomic E-state index is 12.7. The summed E-state index contributed by atoms with van der Waals surface area (Å²) in [6, 6.07) is 5.68. The first-order chi connectivity index (χ1) is 14.0. The van der Waals surface area contributed by atoms with Gasteiger partial charge in [0.05, 0.1) is 24.2 Å². The van der Waals surface area contributed by atoms with Gasteiger partial charge in [-0.15, -0.1) is 0 Å². The molecule has 6 nitrogen and oxygen atoms in total. The van der Waals surface area contributed by atoms with E-state index in [2.05, 4.69) is 15.3 Å². The van der Waals surface area contributed by atoms with Crippen molar-refractivity contribution < 1.29 is 4.74 Å². The zero-order valence-electron chi connectivity index (χ0n) is 16.5. The van der Waals surface area contributed by atoms with E-state index in [-0.39, 0.29) is 16.6 Å². The zero-order valence-corrected chi connectivity index (χ0v) is 18.0. The van der Waals surface area contributed by atoms with E-state index in [0.717, 1.165) is 51.3 Å². The third-order valence-corrected chi connectivity index (χ3v) is 6.58. The second-order valence-corrected chi connectivity index (χ2v) is 8.76. The van der Waals surface area contributed by atoms with Gasteiger partial charge in [0.2, 0.25) is 0 Å². The summed E-state index contributed by atoms with van der Waals surface area (Å²) in [6.45, 7) is 6.89. The van der Waals surface area contributed by atoms with Gasteiger partial charge in [0.1, 0.15) is 5.02 Å². The topological polar surface area (TPSA) is 59.4 Å². The summed E-state index contributed by atoms with van der Waals surface area (Å²) in [4.78, 5) is 15.2. The molecular formula is C21H26Cl2N4O2. The number of hydrogen-bond donors (Lipinski definition) is 1. The number of aryl methyl sites for hydroxylation is 1. The standard InChI is InChI=1S/C21H26Cl2N4O2/c1-14-2-3-17(10-18(14)22)27-21(28)20(23)19(11-24-27)25-16-4-7-26(8-5-16)12-15-6-9-29-13-15/h2-3,10-11,15-16,25H,4-9,12-13H2,1H3. The number of benzene rings is 1. The quantitative estimate of drug-likeness (QED) is 0.772. The molecule has 1 aromatic carbocycles. The molecular weight excluding hydrogens is 411 g/mol. The molecule has 8 heteroatoms. The van der Waals surface area contributed by atoms with E-state index >= 15 is 0 Å². The molecule has 4 rings (SSSR count). The fourth-order valence-corrected chi connectivity index (χ4v) is 4.36. The summed E-state index contributed by atoms with van der Waals surface area (Å²) < 4.78 is 6.76. The SMILES string of the molecule is Cc1ccc(-n2ncc(NC3CCN(CC4CCOC4)CC3)c(Cl)c2=O)cc1Cl. The maximum absolute atomic E-state index is 12.7. The van der Waals surface area contributed by atoms with Crippen molar-refractivity contribution in [1.82, 2.24) is 14.7 Å². The lowest BCUT2D eigenvalue weighted by Gasteiger charge is -2.34. The van der Waals surface area contributed by atoms with Crippen LogP contribution < -0.4 is 10.9 Å². The van der Waals surface area contributed by atoms with E-state index in [0.29, 0.717) is 22.3 Å². The summed E-state index contributed by atoms with van der Waals surface area (Å²) in [5.74, 6) is 0.668. The molecule has 2 fully saturated rings. The molecule has 0 aliphatic carbocycles. The van der Waals surface area contributed by atoms with Crippen molar-refractivity contribution in [2.45, 2.75) is 32.2 Å². The predicted molar refractivity (Wildman–Crippen MR) is 117 cm³/mol. The lowest BCUT2D eigenvalue weighted by atomic mass is 10.0. The van der Waals surface area contributed by atoms with E-state index in [1.54, 1.807) is 12.3 Å². The van der Waals surface area contributed by atoms with Crippen LogP contribution in [0.1, 0.15) is 24.8 Å². The number of halogens is 2. The van der Waals surface area contributed by atoms with Gasteiger partial charge in [0.25, 0.3) is 5.56 Å². The summed E-state index contributed by atoms with van der Waals surface area (Å²) in [6.07, 6.45) is 4.82. The second kappa shape index (κ2) is 9.04. The van der Waals surface area contributed by atoms with E-state index in [1.165, 1.54) is 11.1 Å². The van der Waals surface area contributed by atoms with Crippen molar-refractivity contribution in [3.05, 3.63) is 50.4 Å². The third-order valence-electron chi connectivity index (χ3n) is 5.81. The van der Waals surface area contributed by atoms with Crippen LogP contribution in [-0.2, 0) is 4.74 Å². The second-order valence-electron chi connectivity index (χ2n) is 7.97. The summed E-state index contributed by atoms with van der Waals surface area (Å²) >= 11 is 12.6. The molecule has 2 aromatic rings. The van der Waals surface area contributed by atoms with Crippen molar-refractivity contribution in [2.75, 3.05) is 38.2 Å². The Morgan fingerprint density at radius 2 is 2.03 bits per heavy atom. The molecule has 2 aliphatic heterocycles. The molecule has 3 heterocycles. The average molecular weight is 437 g/mol. The Bertz CT molecular complexity index is 919. The summed E-state index contributed by atoms with van der Waals surface area (Å²) in [5, 5.41) is 8.46. The first kappa shape index (κ1) is 20.7. The Morgan fingerprint density at radius 1 is 1.24 bits per heavy atom. The number of rotatable bonds is 5. The first-order valence-electron chi connectivity index (χ1n) is 10.1. The van der Waals surface area contributed by atoms with Gasteiger partial charge in [0.15, 0.2) is 0 Å². The molecule has 1 N–H and O–H groups in total. The van der Waals surface area contributed by atoms with E-state index in [4.69, 9.17) is 27.9 Å². The minimum atomic E-state index is -0.352. The van der Waals surface area contributed by atoms with Crippen LogP contribution in [-0.4, -0.2) is 53.6 Å². The van der Waals surface area contributed by atoms with Gasteiger partial charge in [-0.25, -0.2) is 0 Å². The lowest BCUT2D eigenvalue weighted by molar-refractivity contribution is 0.154. The van der Waals surface area contributed by atoms with Crippen LogP contribution in [0, 0.1) is 12.8 Å². The van der Waals surface area contributed by atoms with Crippen molar-refractivity contribution >= 4 is 28.9 Å². The highest BCUT2D eigenvalue weighted by atomic mass is 35.5. The highest BCUT2D eigenvalue weighted by Crippen LogP contribution is 2.24. The summed E-state index contributed by atoms with van der Waals surface area (Å²) in [7, 11) is 0. The van der Waals surface area contributed by atoms with Crippen molar-refractivity contribution in [1.29, 1.82) is 0 Å². The van der Waals surface area contributed by atoms with Crippen LogP contribution >= 0.6 is 23.2 Å². The van der Waals surface area contributed by atoms with Crippen LogP contribution in [0.3, 0.4) is 0 Å². The van der Waals surface area contributed by atoms with Gasteiger partial charge in [-0.05, 0) is 49.8 Å². The summed E-state index contributed by atoms with van der Waals surface area (Å²) in [5.41, 5.74) is 1.78. The number of piperidine rings is 1. The Kier molecular flexibility index (Phi) is 6.44. The van der Waals surface area contributed by atoms with Crippen molar-refractivity contribution in [2.24, 2.45) is 5.92 Å². The van der Waals surface area contributed by atoms with Gasteiger partial charge >= 0.3 is 0 Å². The average Bonchev–Trinajstić information content (AvgIpc) is 3.22. The van der Waals surface area contributed by atoms with Crippen LogP contribution in [0.2, 0.25) is 10.0 Å². The highest BCUT2D eigenvalue weighted by molar-refractivity contribution is 6.33. The van der Waals surface area contributed by atoms with Crippen molar-refractivity contribution in [3.8, 4) is 5.69 Å². The number of likely N-dealkylation sites (tertiary alicyclic amines) is 1. The number of hydrogen-bond acceptors (Lipinski definition) is 5. The molecule has 2 aliphatic rings. The van der Waals surface area contributed by atoms with E-state index in [1.807, 2.05) is 19.1 Å². The Morgan fingerprint density at radius 3 is 2.72 bits per heavy atom. The number of nitrogens with one attached hydrogen (secondary N) is 1. The number of anilines is 1. The smallest absolute Gasteiger partial charge is 0.292 e. The number of nitrogens with zero attached hydrogens (tertiary/aromatic N) is 3. The highest BCUT2D eigenvalue weighted by Gasteiger charge is 2.24. The van der Waals surface area contributed by atoms with Crippen molar-refractivity contribution in [3.63, 3.8) is 0 Å². The monoisotopic (exact) mass is 436 g/mol. The Balaban J connectivity index is 1.40.